The maximum Gasteiger partial charge on any atom is 0.256 e. The molecule has 144 valence electrons. The minimum Gasteiger partial charge on any atom is -0.321 e. The zero-order valence-corrected chi connectivity index (χ0v) is 17.3. The molecular weight excluding hydrogens is 330 g/mol. The summed E-state index contributed by atoms with van der Waals surface area (Å²) in [7, 11) is 0. The van der Waals surface area contributed by atoms with E-state index in [9.17, 15) is 4.79 Å². The summed E-state index contributed by atoms with van der Waals surface area (Å²) in [4.78, 5) is 12.6. The first kappa shape index (κ1) is 18.5. The van der Waals surface area contributed by atoms with Crippen LogP contribution in [0.5, 0.6) is 0 Å². The van der Waals surface area contributed by atoms with Gasteiger partial charge in [0.1, 0.15) is 0 Å². The standard InChI is InChI=1S/C25H33NO/c1-16-7-9-18-19(23(27)26-21(18)15-16)10-11-20-17(2)8-12-22-24(3,4)13-6-14-25(20,22)5/h7,9-10,15,20,22H,2,6,8,11-14H2,1,3-5H3,(H,26,27)/b19-10+/t20-,22-,25+/m0/s1. The fourth-order valence-electron chi connectivity index (χ4n) is 6.46. The van der Waals surface area contributed by atoms with Crippen LogP contribution in [0.1, 0.15) is 70.4 Å². The van der Waals surface area contributed by atoms with Crippen LogP contribution in [0.15, 0.2) is 36.4 Å². The first-order valence-corrected chi connectivity index (χ1v) is 10.5. The Bertz CT molecular complexity index is 831. The van der Waals surface area contributed by atoms with E-state index in [0.29, 0.717) is 16.7 Å². The van der Waals surface area contributed by atoms with Crippen LogP contribution in [0.2, 0.25) is 0 Å². The lowest BCUT2D eigenvalue weighted by atomic mass is 9.47. The fraction of sp³-hybridized carbons (Fsp3) is 0.560. The van der Waals surface area contributed by atoms with Crippen LogP contribution in [0.4, 0.5) is 5.69 Å². The Balaban J connectivity index is 1.65. The molecule has 3 aliphatic rings. The maximum atomic E-state index is 12.6. The van der Waals surface area contributed by atoms with E-state index in [0.717, 1.165) is 35.6 Å². The number of hydrogen-bond donors (Lipinski definition) is 1. The summed E-state index contributed by atoms with van der Waals surface area (Å²) in [6.45, 7) is 13.9. The number of benzene rings is 1. The lowest BCUT2D eigenvalue weighted by Crippen LogP contribution is -2.49. The maximum absolute atomic E-state index is 12.6. The predicted octanol–water partition coefficient (Wildman–Crippen LogP) is 6.52. The molecule has 4 rings (SSSR count). The van der Waals surface area contributed by atoms with Crippen LogP contribution in [-0.2, 0) is 4.79 Å². The molecule has 0 spiro atoms. The highest BCUT2D eigenvalue weighted by Crippen LogP contribution is 2.61. The van der Waals surface area contributed by atoms with Crippen LogP contribution in [0.25, 0.3) is 5.57 Å². The SMILES string of the molecule is C=C1CC[C@H]2C(C)(C)CCC[C@]2(C)[C@H]1C/C=C1/C(=O)Nc2cc(C)ccc21. The summed E-state index contributed by atoms with van der Waals surface area (Å²) in [5.41, 5.74) is 6.14. The molecule has 1 aromatic carbocycles. The van der Waals surface area contributed by atoms with Gasteiger partial charge in [-0.15, -0.1) is 0 Å². The van der Waals surface area contributed by atoms with Gasteiger partial charge in [0.05, 0.1) is 0 Å². The molecule has 2 saturated carbocycles. The van der Waals surface area contributed by atoms with Gasteiger partial charge in [0.2, 0.25) is 0 Å². The number of hydrogen-bond acceptors (Lipinski definition) is 1. The van der Waals surface area contributed by atoms with E-state index >= 15 is 0 Å². The summed E-state index contributed by atoms with van der Waals surface area (Å²) < 4.78 is 0. The second-order valence-corrected chi connectivity index (χ2v) is 10.0. The second-order valence-electron chi connectivity index (χ2n) is 10.0. The Morgan fingerprint density at radius 1 is 1.26 bits per heavy atom. The zero-order chi connectivity index (χ0) is 19.4. The average Bonchev–Trinajstić information content (AvgIpc) is 2.88. The van der Waals surface area contributed by atoms with Gasteiger partial charge in [-0.1, -0.05) is 57.6 Å². The van der Waals surface area contributed by atoms with Crippen molar-refractivity contribution in [1.29, 1.82) is 0 Å². The molecule has 3 atom stereocenters. The lowest BCUT2D eigenvalue weighted by molar-refractivity contribution is -0.110. The first-order chi connectivity index (χ1) is 12.7. The summed E-state index contributed by atoms with van der Waals surface area (Å²) in [5.74, 6) is 1.27. The largest absolute Gasteiger partial charge is 0.321 e. The molecular formula is C25H33NO. The van der Waals surface area contributed by atoms with Crippen molar-refractivity contribution >= 4 is 17.2 Å². The number of aryl methyl sites for hydroxylation is 1. The predicted molar refractivity (Wildman–Crippen MR) is 113 cm³/mol. The Morgan fingerprint density at radius 3 is 2.81 bits per heavy atom. The van der Waals surface area contributed by atoms with Crippen molar-refractivity contribution in [2.24, 2.45) is 22.7 Å². The van der Waals surface area contributed by atoms with Gasteiger partial charge in [0.15, 0.2) is 0 Å². The summed E-state index contributed by atoms with van der Waals surface area (Å²) in [6.07, 6.45) is 9.47. The molecule has 1 aromatic rings. The quantitative estimate of drug-likeness (QED) is 0.470. The number of fused-ring (bicyclic) bond motifs is 2. The van der Waals surface area contributed by atoms with Gasteiger partial charge >= 0.3 is 0 Å². The molecule has 0 saturated heterocycles. The van der Waals surface area contributed by atoms with E-state index in [4.69, 9.17) is 0 Å². The van der Waals surface area contributed by atoms with Crippen LogP contribution < -0.4 is 5.32 Å². The highest BCUT2D eigenvalue weighted by molar-refractivity contribution is 6.31. The van der Waals surface area contributed by atoms with E-state index in [1.165, 1.54) is 36.8 Å². The van der Waals surface area contributed by atoms with Crippen LogP contribution in [-0.4, -0.2) is 5.91 Å². The van der Waals surface area contributed by atoms with Gasteiger partial charge in [0, 0.05) is 16.8 Å². The van der Waals surface area contributed by atoms with Crippen molar-refractivity contribution in [3.63, 3.8) is 0 Å². The number of rotatable bonds is 2. The Morgan fingerprint density at radius 2 is 2.04 bits per heavy atom. The lowest BCUT2D eigenvalue weighted by Gasteiger charge is -2.58. The van der Waals surface area contributed by atoms with Gasteiger partial charge < -0.3 is 5.32 Å². The Kier molecular flexibility index (Phi) is 4.36. The van der Waals surface area contributed by atoms with Gasteiger partial charge in [-0.25, -0.2) is 0 Å². The van der Waals surface area contributed by atoms with E-state index in [2.05, 4.69) is 63.9 Å². The molecule has 0 aromatic heterocycles. The van der Waals surface area contributed by atoms with Gasteiger partial charge in [-0.3, -0.25) is 4.79 Å². The molecule has 0 radical (unpaired) electrons. The summed E-state index contributed by atoms with van der Waals surface area (Å²) >= 11 is 0. The third-order valence-electron chi connectivity index (χ3n) is 7.83. The molecule has 0 unspecified atom stereocenters. The smallest absolute Gasteiger partial charge is 0.256 e. The number of carbonyl (C=O) groups excluding carboxylic acids is 1. The van der Waals surface area contributed by atoms with Crippen LogP contribution >= 0.6 is 0 Å². The molecule has 2 heteroatoms. The number of nitrogens with one attached hydrogen (secondary N) is 1. The molecule has 27 heavy (non-hydrogen) atoms. The monoisotopic (exact) mass is 363 g/mol. The summed E-state index contributed by atoms with van der Waals surface area (Å²) in [5, 5.41) is 3.04. The number of anilines is 1. The van der Waals surface area contributed by atoms with Crippen molar-refractivity contribution in [1.82, 2.24) is 0 Å². The van der Waals surface area contributed by atoms with E-state index < -0.39 is 0 Å². The van der Waals surface area contributed by atoms with Gasteiger partial charge in [-0.2, -0.15) is 0 Å². The molecule has 1 heterocycles. The van der Waals surface area contributed by atoms with Crippen molar-refractivity contribution < 1.29 is 4.79 Å². The fourth-order valence-corrected chi connectivity index (χ4v) is 6.46. The van der Waals surface area contributed by atoms with Crippen molar-refractivity contribution in [2.45, 2.75) is 66.2 Å². The second kappa shape index (κ2) is 6.36. The Labute approximate surface area is 164 Å². The average molecular weight is 364 g/mol. The van der Waals surface area contributed by atoms with E-state index in [-0.39, 0.29) is 5.91 Å². The molecule has 2 nitrogen and oxygen atoms in total. The minimum absolute atomic E-state index is 0.0442. The van der Waals surface area contributed by atoms with E-state index in [1.807, 2.05) is 0 Å². The van der Waals surface area contributed by atoms with Crippen LogP contribution in [0.3, 0.4) is 0 Å². The minimum atomic E-state index is 0.0442. The highest BCUT2D eigenvalue weighted by Gasteiger charge is 2.52. The first-order valence-electron chi connectivity index (χ1n) is 10.5. The third kappa shape index (κ3) is 2.98. The van der Waals surface area contributed by atoms with Crippen molar-refractivity contribution in [3.8, 4) is 0 Å². The van der Waals surface area contributed by atoms with Crippen molar-refractivity contribution in [2.75, 3.05) is 5.32 Å². The van der Waals surface area contributed by atoms with Crippen molar-refractivity contribution in [3.05, 3.63) is 47.6 Å². The molecule has 1 amide bonds. The highest BCUT2D eigenvalue weighted by atomic mass is 16.2. The van der Waals surface area contributed by atoms with Gasteiger partial charge in [0.25, 0.3) is 5.91 Å². The number of amides is 1. The topological polar surface area (TPSA) is 29.1 Å². The third-order valence-corrected chi connectivity index (χ3v) is 7.83. The molecule has 0 bridgehead atoms. The zero-order valence-electron chi connectivity index (χ0n) is 17.3. The molecule has 2 aliphatic carbocycles. The summed E-state index contributed by atoms with van der Waals surface area (Å²) in [6, 6.07) is 6.24. The normalized spacial score (nSPS) is 33.6. The van der Waals surface area contributed by atoms with Crippen LogP contribution in [0, 0.1) is 29.6 Å². The number of carbonyl (C=O) groups is 1. The molecule has 2 fully saturated rings. The molecule has 1 aliphatic heterocycles. The number of allylic oxidation sites excluding steroid dienone is 2. The van der Waals surface area contributed by atoms with Gasteiger partial charge in [-0.05, 0) is 73.3 Å². The van der Waals surface area contributed by atoms with E-state index in [1.54, 1.807) is 0 Å². The Hall–Kier alpha value is -1.83. The molecule has 1 N–H and O–H groups in total.